The average molecular weight is 278 g/mol. The molecule has 0 saturated carbocycles. The third kappa shape index (κ3) is 2.62. The van der Waals surface area contributed by atoms with Gasteiger partial charge < -0.3 is 11.5 Å². The summed E-state index contributed by atoms with van der Waals surface area (Å²) in [6, 6.07) is 14.4. The lowest BCUT2D eigenvalue weighted by Gasteiger charge is -2.02. The van der Waals surface area contributed by atoms with Gasteiger partial charge in [0.2, 0.25) is 0 Å². The van der Waals surface area contributed by atoms with Gasteiger partial charge in [-0.05, 0) is 30.3 Å². The number of para-hydroxylation sites is 1. The SMILES string of the molecule is Nc1cc(N)cc(C(=O)c2cnn(-c3ccccc3)c2)c1. The Morgan fingerprint density at radius 2 is 1.62 bits per heavy atom. The van der Waals surface area contributed by atoms with E-state index in [1.807, 2.05) is 30.3 Å². The molecule has 0 bridgehead atoms. The molecule has 4 N–H and O–H groups in total. The summed E-state index contributed by atoms with van der Waals surface area (Å²) >= 11 is 0. The minimum Gasteiger partial charge on any atom is -0.399 e. The van der Waals surface area contributed by atoms with Gasteiger partial charge in [-0.2, -0.15) is 5.10 Å². The Balaban J connectivity index is 1.94. The molecule has 5 heteroatoms. The number of ketones is 1. The fraction of sp³-hybridized carbons (Fsp3) is 0. The number of nitrogens with two attached hydrogens (primary N) is 2. The van der Waals surface area contributed by atoms with Crippen LogP contribution in [0.4, 0.5) is 11.4 Å². The topological polar surface area (TPSA) is 86.9 Å². The molecule has 3 rings (SSSR count). The molecule has 0 fully saturated rings. The highest BCUT2D eigenvalue weighted by Crippen LogP contribution is 2.18. The van der Waals surface area contributed by atoms with E-state index in [0.717, 1.165) is 5.69 Å². The van der Waals surface area contributed by atoms with Crippen LogP contribution in [0.25, 0.3) is 5.69 Å². The van der Waals surface area contributed by atoms with Crippen molar-refractivity contribution in [3.05, 3.63) is 72.1 Å². The first-order valence-corrected chi connectivity index (χ1v) is 6.44. The molecule has 0 aliphatic heterocycles. The molecule has 2 aromatic carbocycles. The van der Waals surface area contributed by atoms with Crippen molar-refractivity contribution in [2.45, 2.75) is 0 Å². The number of carbonyl (C=O) groups excluding carboxylic acids is 1. The van der Waals surface area contributed by atoms with E-state index in [-0.39, 0.29) is 5.78 Å². The first-order chi connectivity index (χ1) is 10.1. The summed E-state index contributed by atoms with van der Waals surface area (Å²) in [6.07, 6.45) is 3.23. The number of rotatable bonds is 3. The van der Waals surface area contributed by atoms with Crippen LogP contribution in [0.3, 0.4) is 0 Å². The maximum atomic E-state index is 12.4. The molecule has 3 aromatic rings. The van der Waals surface area contributed by atoms with Crippen LogP contribution in [-0.2, 0) is 0 Å². The van der Waals surface area contributed by atoms with Gasteiger partial charge in [-0.3, -0.25) is 4.79 Å². The van der Waals surface area contributed by atoms with Crippen LogP contribution in [0.15, 0.2) is 60.9 Å². The quantitative estimate of drug-likeness (QED) is 0.568. The van der Waals surface area contributed by atoms with Gasteiger partial charge in [-0.15, -0.1) is 0 Å². The van der Waals surface area contributed by atoms with E-state index in [9.17, 15) is 4.79 Å². The van der Waals surface area contributed by atoms with Crippen molar-refractivity contribution in [2.24, 2.45) is 0 Å². The molecule has 0 amide bonds. The van der Waals surface area contributed by atoms with E-state index in [2.05, 4.69) is 5.10 Å². The van der Waals surface area contributed by atoms with Gasteiger partial charge in [0, 0.05) is 23.1 Å². The van der Waals surface area contributed by atoms with Gasteiger partial charge in [0.1, 0.15) is 0 Å². The molecule has 0 unspecified atom stereocenters. The molecule has 0 radical (unpaired) electrons. The largest absolute Gasteiger partial charge is 0.399 e. The Morgan fingerprint density at radius 3 is 2.29 bits per heavy atom. The van der Waals surface area contributed by atoms with E-state index in [4.69, 9.17) is 11.5 Å². The third-order valence-corrected chi connectivity index (χ3v) is 3.11. The molecule has 0 atom stereocenters. The van der Waals surface area contributed by atoms with Gasteiger partial charge in [0.25, 0.3) is 0 Å². The van der Waals surface area contributed by atoms with Crippen LogP contribution >= 0.6 is 0 Å². The Labute approximate surface area is 121 Å². The maximum absolute atomic E-state index is 12.4. The Bertz CT molecular complexity index is 773. The lowest BCUT2D eigenvalue weighted by Crippen LogP contribution is -2.03. The zero-order chi connectivity index (χ0) is 14.8. The summed E-state index contributed by atoms with van der Waals surface area (Å²) in [5, 5.41) is 4.21. The molecule has 21 heavy (non-hydrogen) atoms. The number of nitrogens with zero attached hydrogens (tertiary/aromatic N) is 2. The van der Waals surface area contributed by atoms with E-state index < -0.39 is 0 Å². The second-order valence-electron chi connectivity index (χ2n) is 4.73. The lowest BCUT2D eigenvalue weighted by atomic mass is 10.1. The fourth-order valence-electron chi connectivity index (χ4n) is 2.14. The van der Waals surface area contributed by atoms with Crippen LogP contribution in [0.5, 0.6) is 0 Å². The van der Waals surface area contributed by atoms with E-state index in [1.165, 1.54) is 6.20 Å². The smallest absolute Gasteiger partial charge is 0.196 e. The molecular formula is C16H14N4O. The first kappa shape index (κ1) is 12.9. The summed E-state index contributed by atoms with van der Waals surface area (Å²) < 4.78 is 1.66. The number of hydrogen-bond acceptors (Lipinski definition) is 4. The van der Waals surface area contributed by atoms with Crippen LogP contribution in [0.2, 0.25) is 0 Å². The van der Waals surface area contributed by atoms with E-state index in [0.29, 0.717) is 22.5 Å². The average Bonchev–Trinajstić information content (AvgIpc) is 2.96. The molecule has 0 aliphatic rings. The van der Waals surface area contributed by atoms with Crippen LogP contribution in [0.1, 0.15) is 15.9 Å². The first-order valence-electron chi connectivity index (χ1n) is 6.44. The molecule has 0 spiro atoms. The summed E-state index contributed by atoms with van der Waals surface area (Å²) in [6.45, 7) is 0. The Kier molecular flexibility index (Phi) is 3.16. The molecule has 104 valence electrons. The predicted molar refractivity (Wildman–Crippen MR) is 82.3 cm³/mol. The van der Waals surface area contributed by atoms with Gasteiger partial charge in [0.15, 0.2) is 5.78 Å². The highest BCUT2D eigenvalue weighted by Gasteiger charge is 2.13. The van der Waals surface area contributed by atoms with Crippen molar-refractivity contribution in [1.82, 2.24) is 9.78 Å². The summed E-state index contributed by atoms with van der Waals surface area (Å²) in [5.41, 5.74) is 14.2. The number of carbonyl (C=O) groups is 1. The lowest BCUT2D eigenvalue weighted by molar-refractivity contribution is 0.103. The predicted octanol–water partition coefficient (Wildman–Crippen LogP) is 2.27. The van der Waals surface area contributed by atoms with Crippen LogP contribution < -0.4 is 11.5 Å². The monoisotopic (exact) mass is 278 g/mol. The number of anilines is 2. The van der Waals surface area contributed by atoms with Gasteiger partial charge >= 0.3 is 0 Å². The molecule has 5 nitrogen and oxygen atoms in total. The second kappa shape index (κ2) is 5.13. The summed E-state index contributed by atoms with van der Waals surface area (Å²) in [4.78, 5) is 12.4. The number of hydrogen-bond donors (Lipinski definition) is 2. The molecule has 1 aromatic heterocycles. The number of nitrogen functional groups attached to an aromatic ring is 2. The second-order valence-corrected chi connectivity index (χ2v) is 4.73. The number of aromatic nitrogens is 2. The zero-order valence-corrected chi connectivity index (χ0v) is 11.2. The van der Waals surface area contributed by atoms with Crippen molar-refractivity contribution < 1.29 is 4.79 Å². The fourth-order valence-corrected chi connectivity index (χ4v) is 2.14. The standard InChI is InChI=1S/C16H14N4O/c17-13-6-11(7-14(18)8-13)16(21)12-9-19-20(10-12)15-4-2-1-3-5-15/h1-10H,17-18H2. The zero-order valence-electron chi connectivity index (χ0n) is 11.2. The highest BCUT2D eigenvalue weighted by molar-refractivity contribution is 6.09. The minimum absolute atomic E-state index is 0.156. The van der Waals surface area contributed by atoms with Gasteiger partial charge in [-0.1, -0.05) is 18.2 Å². The van der Waals surface area contributed by atoms with Crippen molar-refractivity contribution >= 4 is 17.2 Å². The summed E-state index contributed by atoms with van der Waals surface area (Å²) in [7, 11) is 0. The Morgan fingerprint density at radius 1 is 0.952 bits per heavy atom. The van der Waals surface area contributed by atoms with Gasteiger partial charge in [-0.25, -0.2) is 4.68 Å². The van der Waals surface area contributed by atoms with Crippen LogP contribution in [0, 0.1) is 0 Å². The van der Waals surface area contributed by atoms with Crippen molar-refractivity contribution in [3.63, 3.8) is 0 Å². The van der Waals surface area contributed by atoms with Crippen LogP contribution in [-0.4, -0.2) is 15.6 Å². The van der Waals surface area contributed by atoms with E-state index >= 15 is 0 Å². The van der Waals surface area contributed by atoms with Gasteiger partial charge in [0.05, 0.1) is 17.4 Å². The highest BCUT2D eigenvalue weighted by atomic mass is 16.1. The van der Waals surface area contributed by atoms with Crippen molar-refractivity contribution in [2.75, 3.05) is 11.5 Å². The molecular weight excluding hydrogens is 264 g/mol. The molecule has 1 heterocycles. The van der Waals surface area contributed by atoms with Crippen molar-refractivity contribution in [1.29, 1.82) is 0 Å². The number of benzene rings is 2. The Hall–Kier alpha value is -3.08. The maximum Gasteiger partial charge on any atom is 0.196 e. The minimum atomic E-state index is -0.156. The molecule has 0 saturated heterocycles. The van der Waals surface area contributed by atoms with Crippen molar-refractivity contribution in [3.8, 4) is 5.69 Å². The molecule has 0 aliphatic carbocycles. The third-order valence-electron chi connectivity index (χ3n) is 3.11. The summed E-state index contributed by atoms with van der Waals surface area (Å²) in [5.74, 6) is -0.156. The normalized spacial score (nSPS) is 10.5. The van der Waals surface area contributed by atoms with E-state index in [1.54, 1.807) is 29.1 Å².